The number of aryl methyl sites for hydroxylation is 1. The summed E-state index contributed by atoms with van der Waals surface area (Å²) in [6.45, 7) is 1.78. The lowest BCUT2D eigenvalue weighted by molar-refractivity contribution is -0.115. The third kappa shape index (κ3) is 3.37. The molecule has 0 saturated heterocycles. The maximum atomic E-state index is 12.1. The van der Waals surface area contributed by atoms with Crippen molar-refractivity contribution in [2.75, 3.05) is 5.32 Å². The maximum Gasteiger partial charge on any atom is 0.248 e. The van der Waals surface area contributed by atoms with Crippen molar-refractivity contribution in [3.8, 4) is 0 Å². The highest BCUT2D eigenvalue weighted by Gasteiger charge is 2.08. The number of nitrogens with zero attached hydrogens (tertiary/aromatic N) is 1. The van der Waals surface area contributed by atoms with Crippen LogP contribution in [0.4, 0.5) is 5.69 Å². The van der Waals surface area contributed by atoms with E-state index in [4.69, 9.17) is 10.2 Å². The number of anilines is 1. The minimum atomic E-state index is -0.501. The normalized spacial score (nSPS) is 10.7. The van der Waals surface area contributed by atoms with Crippen LogP contribution < -0.4 is 11.1 Å². The quantitative estimate of drug-likeness (QED) is 0.773. The first-order valence-corrected chi connectivity index (χ1v) is 7.07. The van der Waals surface area contributed by atoms with E-state index in [1.54, 1.807) is 37.3 Å². The van der Waals surface area contributed by atoms with Crippen molar-refractivity contribution in [3.63, 3.8) is 0 Å². The summed E-state index contributed by atoms with van der Waals surface area (Å²) < 4.78 is 5.40. The number of oxazole rings is 1. The molecule has 0 radical (unpaired) electrons. The first-order chi connectivity index (χ1) is 11.0. The van der Waals surface area contributed by atoms with Crippen LogP contribution >= 0.6 is 0 Å². The Bertz CT molecular complexity index is 882. The molecule has 0 unspecified atom stereocenters. The van der Waals surface area contributed by atoms with Crippen molar-refractivity contribution in [1.82, 2.24) is 4.98 Å². The number of fused-ring (bicyclic) bond motifs is 1. The first-order valence-electron chi connectivity index (χ1n) is 7.07. The van der Waals surface area contributed by atoms with Crippen LogP contribution in [0.15, 0.2) is 46.9 Å². The summed E-state index contributed by atoms with van der Waals surface area (Å²) in [7, 11) is 0. The SMILES string of the molecule is Cc1nc2cc(CC(=O)Nc3ccc(C(N)=O)cc3)ccc2o1. The molecule has 3 rings (SSSR count). The van der Waals surface area contributed by atoms with E-state index in [2.05, 4.69) is 10.3 Å². The molecule has 0 fully saturated rings. The summed E-state index contributed by atoms with van der Waals surface area (Å²) in [4.78, 5) is 27.4. The molecule has 0 aliphatic heterocycles. The number of rotatable bonds is 4. The average Bonchev–Trinajstić information content (AvgIpc) is 2.87. The predicted octanol–water partition coefficient (Wildman–Crippen LogP) is 2.42. The average molecular weight is 309 g/mol. The van der Waals surface area contributed by atoms with Crippen LogP contribution in [-0.4, -0.2) is 16.8 Å². The van der Waals surface area contributed by atoms with Gasteiger partial charge in [-0.25, -0.2) is 4.98 Å². The van der Waals surface area contributed by atoms with E-state index in [0.717, 1.165) is 11.1 Å². The molecule has 3 aromatic rings. The van der Waals surface area contributed by atoms with Gasteiger partial charge in [0.05, 0.1) is 6.42 Å². The molecule has 1 aromatic heterocycles. The number of benzene rings is 2. The van der Waals surface area contributed by atoms with Crippen molar-refractivity contribution >= 4 is 28.6 Å². The molecule has 1 heterocycles. The molecule has 6 nitrogen and oxygen atoms in total. The van der Waals surface area contributed by atoms with Crippen LogP contribution in [0, 0.1) is 6.92 Å². The minimum Gasteiger partial charge on any atom is -0.441 e. The molecule has 0 bridgehead atoms. The Labute approximate surface area is 132 Å². The number of carbonyl (C=O) groups is 2. The maximum absolute atomic E-state index is 12.1. The summed E-state index contributed by atoms with van der Waals surface area (Å²) in [6, 6.07) is 11.9. The fourth-order valence-corrected chi connectivity index (χ4v) is 2.31. The lowest BCUT2D eigenvalue weighted by Crippen LogP contribution is -2.15. The van der Waals surface area contributed by atoms with E-state index in [-0.39, 0.29) is 12.3 Å². The topological polar surface area (TPSA) is 98.2 Å². The lowest BCUT2D eigenvalue weighted by Gasteiger charge is -2.06. The molecule has 23 heavy (non-hydrogen) atoms. The van der Waals surface area contributed by atoms with E-state index >= 15 is 0 Å². The molecule has 116 valence electrons. The number of nitrogens with two attached hydrogens (primary N) is 1. The van der Waals surface area contributed by atoms with Crippen molar-refractivity contribution < 1.29 is 14.0 Å². The zero-order valence-electron chi connectivity index (χ0n) is 12.5. The fraction of sp³-hybridized carbons (Fsp3) is 0.118. The zero-order valence-corrected chi connectivity index (χ0v) is 12.5. The van der Waals surface area contributed by atoms with Gasteiger partial charge in [-0.05, 0) is 42.0 Å². The molecule has 0 saturated carbocycles. The van der Waals surface area contributed by atoms with Crippen molar-refractivity contribution in [2.45, 2.75) is 13.3 Å². The van der Waals surface area contributed by atoms with Crippen molar-refractivity contribution in [3.05, 3.63) is 59.5 Å². The zero-order chi connectivity index (χ0) is 16.4. The van der Waals surface area contributed by atoms with E-state index in [0.29, 0.717) is 22.7 Å². The highest BCUT2D eigenvalue weighted by atomic mass is 16.3. The van der Waals surface area contributed by atoms with Crippen LogP contribution in [0.3, 0.4) is 0 Å². The summed E-state index contributed by atoms with van der Waals surface area (Å²) >= 11 is 0. The van der Waals surface area contributed by atoms with Gasteiger partial charge in [0.2, 0.25) is 11.8 Å². The standard InChI is InChI=1S/C17H15N3O3/c1-10-19-14-8-11(2-7-15(14)23-10)9-16(21)20-13-5-3-12(4-6-13)17(18)22/h2-8H,9H2,1H3,(H2,18,22)(H,20,21). The van der Waals surface area contributed by atoms with E-state index in [1.165, 1.54) is 0 Å². The van der Waals surface area contributed by atoms with Crippen LogP contribution in [0.1, 0.15) is 21.8 Å². The van der Waals surface area contributed by atoms with Gasteiger partial charge in [-0.3, -0.25) is 9.59 Å². The Hall–Kier alpha value is -3.15. The molecule has 0 atom stereocenters. The summed E-state index contributed by atoms with van der Waals surface area (Å²) in [5, 5.41) is 2.77. The number of nitrogens with one attached hydrogen (secondary N) is 1. The van der Waals surface area contributed by atoms with Gasteiger partial charge in [0, 0.05) is 18.2 Å². The van der Waals surface area contributed by atoms with Crippen molar-refractivity contribution in [1.29, 1.82) is 0 Å². The fourth-order valence-electron chi connectivity index (χ4n) is 2.31. The number of hydrogen-bond donors (Lipinski definition) is 2. The van der Waals surface area contributed by atoms with Gasteiger partial charge < -0.3 is 15.5 Å². The number of aromatic nitrogens is 1. The second-order valence-corrected chi connectivity index (χ2v) is 5.20. The van der Waals surface area contributed by atoms with Crippen LogP contribution in [-0.2, 0) is 11.2 Å². The molecular formula is C17H15N3O3. The summed E-state index contributed by atoms with van der Waals surface area (Å²) in [5.74, 6) is -0.0633. The van der Waals surface area contributed by atoms with E-state index < -0.39 is 5.91 Å². The monoisotopic (exact) mass is 309 g/mol. The summed E-state index contributed by atoms with van der Waals surface area (Å²) in [5.41, 5.74) is 8.46. The Morgan fingerprint density at radius 2 is 1.91 bits per heavy atom. The molecule has 3 N–H and O–H groups in total. The lowest BCUT2D eigenvalue weighted by atomic mass is 10.1. The Morgan fingerprint density at radius 1 is 1.17 bits per heavy atom. The molecule has 0 spiro atoms. The van der Waals surface area contributed by atoms with Crippen LogP contribution in [0.5, 0.6) is 0 Å². The third-order valence-corrected chi connectivity index (χ3v) is 3.38. The van der Waals surface area contributed by atoms with Gasteiger partial charge in [-0.1, -0.05) is 6.07 Å². The molecule has 2 aromatic carbocycles. The predicted molar refractivity (Wildman–Crippen MR) is 86.0 cm³/mol. The molecular weight excluding hydrogens is 294 g/mol. The van der Waals surface area contributed by atoms with E-state index in [9.17, 15) is 9.59 Å². The molecule has 6 heteroatoms. The Kier molecular flexibility index (Phi) is 3.80. The second-order valence-electron chi connectivity index (χ2n) is 5.20. The van der Waals surface area contributed by atoms with Gasteiger partial charge >= 0.3 is 0 Å². The smallest absolute Gasteiger partial charge is 0.248 e. The van der Waals surface area contributed by atoms with E-state index in [1.807, 2.05) is 12.1 Å². The number of amides is 2. The second kappa shape index (κ2) is 5.92. The molecule has 0 aliphatic rings. The first kappa shape index (κ1) is 14.8. The van der Waals surface area contributed by atoms with Gasteiger partial charge in [-0.15, -0.1) is 0 Å². The van der Waals surface area contributed by atoms with Gasteiger partial charge in [0.15, 0.2) is 11.5 Å². The highest BCUT2D eigenvalue weighted by Crippen LogP contribution is 2.17. The van der Waals surface area contributed by atoms with Gasteiger partial charge in [0.1, 0.15) is 5.52 Å². The minimum absolute atomic E-state index is 0.156. The highest BCUT2D eigenvalue weighted by molar-refractivity contribution is 5.95. The Balaban J connectivity index is 1.69. The third-order valence-electron chi connectivity index (χ3n) is 3.38. The summed E-state index contributed by atoms with van der Waals surface area (Å²) in [6.07, 6.45) is 0.222. The van der Waals surface area contributed by atoms with Crippen LogP contribution in [0.2, 0.25) is 0 Å². The van der Waals surface area contributed by atoms with Crippen LogP contribution in [0.25, 0.3) is 11.1 Å². The molecule has 2 amide bonds. The number of primary amides is 1. The van der Waals surface area contributed by atoms with Gasteiger partial charge in [-0.2, -0.15) is 0 Å². The number of carbonyl (C=O) groups excluding carboxylic acids is 2. The number of hydrogen-bond acceptors (Lipinski definition) is 4. The van der Waals surface area contributed by atoms with Crippen molar-refractivity contribution in [2.24, 2.45) is 5.73 Å². The Morgan fingerprint density at radius 3 is 2.61 bits per heavy atom. The molecule has 0 aliphatic carbocycles. The van der Waals surface area contributed by atoms with Gasteiger partial charge in [0.25, 0.3) is 0 Å². The largest absolute Gasteiger partial charge is 0.441 e.